The molecule has 6 heteroatoms. The van der Waals surface area contributed by atoms with Crippen molar-refractivity contribution in [2.75, 3.05) is 11.9 Å². The highest BCUT2D eigenvalue weighted by Gasteiger charge is 2.21. The molecule has 0 aliphatic carbocycles. The number of fused-ring (bicyclic) bond motifs is 1. The Balaban J connectivity index is 1.89. The number of amides is 2. The van der Waals surface area contributed by atoms with Crippen molar-refractivity contribution >= 4 is 23.0 Å². The van der Waals surface area contributed by atoms with E-state index >= 15 is 0 Å². The van der Waals surface area contributed by atoms with E-state index in [1.165, 1.54) is 5.56 Å². The summed E-state index contributed by atoms with van der Waals surface area (Å²) in [6, 6.07) is 13.1. The molecule has 2 heterocycles. The molecule has 3 rings (SSSR count). The fraction of sp³-hybridized carbons (Fsp3) is 0.286. The molecule has 2 amide bonds. The number of rotatable bonds is 6. The van der Waals surface area contributed by atoms with Gasteiger partial charge in [0, 0.05) is 18.4 Å². The number of hydrogen-bond acceptors (Lipinski definition) is 3. The molecule has 0 saturated carbocycles. The highest BCUT2D eigenvalue weighted by Crippen LogP contribution is 2.19. The fourth-order valence-electron chi connectivity index (χ4n) is 2.82. The van der Waals surface area contributed by atoms with Gasteiger partial charge in [-0.05, 0) is 42.2 Å². The largest absolute Gasteiger partial charge is 0.349 e. The molecule has 0 aliphatic rings. The zero-order chi connectivity index (χ0) is 19.4. The first-order valence-corrected chi connectivity index (χ1v) is 9.17. The Morgan fingerprint density at radius 2 is 1.81 bits per heavy atom. The van der Waals surface area contributed by atoms with Crippen molar-refractivity contribution in [1.29, 1.82) is 0 Å². The van der Waals surface area contributed by atoms with Crippen molar-refractivity contribution in [2.45, 2.75) is 33.1 Å². The van der Waals surface area contributed by atoms with Gasteiger partial charge in [0.1, 0.15) is 0 Å². The quantitative estimate of drug-likeness (QED) is 0.697. The zero-order valence-electron chi connectivity index (χ0n) is 15.8. The predicted molar refractivity (Wildman–Crippen MR) is 106 cm³/mol. The SMILES string of the molecule is CCCNC(=O)c1nc(C(=O)Nc2ccc(C(C)C)cc2)c2ccccn12. The summed E-state index contributed by atoms with van der Waals surface area (Å²) >= 11 is 0. The van der Waals surface area contributed by atoms with E-state index in [0.717, 1.165) is 6.42 Å². The Labute approximate surface area is 158 Å². The number of carbonyl (C=O) groups is 2. The van der Waals surface area contributed by atoms with Gasteiger partial charge in [-0.25, -0.2) is 4.98 Å². The summed E-state index contributed by atoms with van der Waals surface area (Å²) in [6.45, 7) is 6.78. The van der Waals surface area contributed by atoms with Gasteiger partial charge in [0.15, 0.2) is 5.69 Å². The number of anilines is 1. The van der Waals surface area contributed by atoms with Crippen LogP contribution in [0.25, 0.3) is 5.52 Å². The second-order valence-electron chi connectivity index (χ2n) is 6.73. The normalized spacial score (nSPS) is 11.0. The molecule has 0 saturated heterocycles. The highest BCUT2D eigenvalue weighted by molar-refractivity contribution is 6.08. The molecule has 0 radical (unpaired) electrons. The van der Waals surface area contributed by atoms with E-state index in [1.54, 1.807) is 22.7 Å². The minimum absolute atomic E-state index is 0.208. The summed E-state index contributed by atoms with van der Waals surface area (Å²) in [7, 11) is 0. The lowest BCUT2D eigenvalue weighted by Gasteiger charge is -2.07. The zero-order valence-corrected chi connectivity index (χ0v) is 15.8. The van der Waals surface area contributed by atoms with Crippen LogP contribution in [0, 0.1) is 0 Å². The maximum Gasteiger partial charge on any atom is 0.287 e. The number of aromatic nitrogens is 2. The van der Waals surface area contributed by atoms with E-state index < -0.39 is 0 Å². The van der Waals surface area contributed by atoms with Crippen LogP contribution in [0.2, 0.25) is 0 Å². The van der Waals surface area contributed by atoms with Gasteiger partial charge in [0.2, 0.25) is 5.82 Å². The first-order chi connectivity index (χ1) is 13.0. The summed E-state index contributed by atoms with van der Waals surface area (Å²) in [5, 5.41) is 5.67. The Hall–Kier alpha value is -3.15. The number of nitrogens with one attached hydrogen (secondary N) is 2. The molecular weight excluding hydrogens is 340 g/mol. The van der Waals surface area contributed by atoms with Crippen molar-refractivity contribution in [3.63, 3.8) is 0 Å². The van der Waals surface area contributed by atoms with Gasteiger partial charge >= 0.3 is 0 Å². The number of nitrogens with zero attached hydrogens (tertiary/aromatic N) is 2. The lowest BCUT2D eigenvalue weighted by atomic mass is 10.0. The van der Waals surface area contributed by atoms with E-state index in [-0.39, 0.29) is 23.3 Å². The molecule has 140 valence electrons. The molecule has 0 aliphatic heterocycles. The summed E-state index contributed by atoms with van der Waals surface area (Å²) in [5.41, 5.74) is 2.72. The van der Waals surface area contributed by atoms with E-state index in [0.29, 0.717) is 23.7 Å². The fourth-order valence-corrected chi connectivity index (χ4v) is 2.82. The van der Waals surface area contributed by atoms with Gasteiger partial charge in [0.25, 0.3) is 11.8 Å². The van der Waals surface area contributed by atoms with Gasteiger partial charge in [0.05, 0.1) is 5.52 Å². The third-order valence-corrected chi connectivity index (χ3v) is 4.34. The van der Waals surface area contributed by atoms with Gasteiger partial charge in [-0.15, -0.1) is 0 Å². The third-order valence-electron chi connectivity index (χ3n) is 4.34. The molecule has 1 aromatic carbocycles. The summed E-state index contributed by atoms with van der Waals surface area (Å²) in [5.74, 6) is -0.000641. The van der Waals surface area contributed by atoms with Crippen molar-refractivity contribution in [1.82, 2.24) is 14.7 Å². The van der Waals surface area contributed by atoms with Crippen molar-refractivity contribution in [3.05, 3.63) is 65.7 Å². The molecule has 27 heavy (non-hydrogen) atoms. The molecule has 0 atom stereocenters. The standard InChI is InChI=1S/C21H24N4O2/c1-4-12-22-21(27)19-24-18(17-7-5-6-13-25(17)19)20(26)23-16-10-8-15(9-11-16)14(2)3/h5-11,13-14H,4,12H2,1-3H3,(H,22,27)(H,23,26). The van der Waals surface area contributed by atoms with Crippen LogP contribution in [0.1, 0.15) is 59.8 Å². The number of benzene rings is 1. The van der Waals surface area contributed by atoms with Gasteiger partial charge in [-0.3, -0.25) is 14.0 Å². The first-order valence-electron chi connectivity index (χ1n) is 9.17. The Kier molecular flexibility index (Phi) is 5.54. The number of imidazole rings is 1. The van der Waals surface area contributed by atoms with Crippen LogP contribution >= 0.6 is 0 Å². The Morgan fingerprint density at radius 1 is 1.07 bits per heavy atom. The lowest BCUT2D eigenvalue weighted by molar-refractivity contribution is 0.0942. The number of pyridine rings is 1. The summed E-state index contributed by atoms with van der Waals surface area (Å²) in [6.07, 6.45) is 2.56. The predicted octanol–water partition coefficient (Wildman–Crippen LogP) is 3.85. The van der Waals surface area contributed by atoms with E-state index in [2.05, 4.69) is 29.5 Å². The van der Waals surface area contributed by atoms with Gasteiger partial charge < -0.3 is 10.6 Å². The third kappa shape index (κ3) is 4.00. The minimum atomic E-state index is -0.342. The summed E-state index contributed by atoms with van der Waals surface area (Å²) < 4.78 is 1.64. The van der Waals surface area contributed by atoms with Crippen LogP contribution in [0.4, 0.5) is 5.69 Å². The molecule has 0 fully saturated rings. The smallest absolute Gasteiger partial charge is 0.287 e. The molecule has 0 bridgehead atoms. The lowest BCUT2D eigenvalue weighted by Crippen LogP contribution is -2.26. The average molecular weight is 364 g/mol. The summed E-state index contributed by atoms with van der Waals surface area (Å²) in [4.78, 5) is 29.5. The monoisotopic (exact) mass is 364 g/mol. The number of hydrogen-bond donors (Lipinski definition) is 2. The van der Waals surface area contributed by atoms with Crippen LogP contribution in [-0.2, 0) is 0 Å². The number of carbonyl (C=O) groups excluding carboxylic acids is 2. The van der Waals surface area contributed by atoms with Gasteiger partial charge in [-0.2, -0.15) is 0 Å². The second kappa shape index (κ2) is 8.03. The second-order valence-corrected chi connectivity index (χ2v) is 6.73. The van der Waals surface area contributed by atoms with E-state index in [9.17, 15) is 9.59 Å². The topological polar surface area (TPSA) is 75.5 Å². The Bertz CT molecular complexity index is 958. The van der Waals surface area contributed by atoms with Crippen LogP contribution in [0.15, 0.2) is 48.7 Å². The van der Waals surface area contributed by atoms with Crippen LogP contribution in [0.3, 0.4) is 0 Å². The van der Waals surface area contributed by atoms with E-state index in [4.69, 9.17) is 0 Å². The molecule has 2 N–H and O–H groups in total. The maximum atomic E-state index is 12.8. The highest BCUT2D eigenvalue weighted by atomic mass is 16.2. The van der Waals surface area contributed by atoms with Gasteiger partial charge in [-0.1, -0.05) is 39.0 Å². The maximum absolute atomic E-state index is 12.8. The molecule has 0 unspecified atom stereocenters. The molecule has 2 aromatic heterocycles. The average Bonchev–Trinajstić information content (AvgIpc) is 3.06. The van der Waals surface area contributed by atoms with Crippen LogP contribution in [-0.4, -0.2) is 27.7 Å². The van der Waals surface area contributed by atoms with Crippen molar-refractivity contribution in [3.8, 4) is 0 Å². The van der Waals surface area contributed by atoms with Crippen LogP contribution in [0.5, 0.6) is 0 Å². The first kappa shape index (κ1) is 18.6. The molecule has 6 nitrogen and oxygen atoms in total. The Morgan fingerprint density at radius 3 is 2.48 bits per heavy atom. The van der Waals surface area contributed by atoms with Crippen molar-refractivity contribution in [2.24, 2.45) is 0 Å². The van der Waals surface area contributed by atoms with Crippen molar-refractivity contribution < 1.29 is 9.59 Å². The van der Waals surface area contributed by atoms with Crippen LogP contribution < -0.4 is 10.6 Å². The minimum Gasteiger partial charge on any atom is -0.349 e. The molecule has 3 aromatic rings. The molecule has 0 spiro atoms. The molecular formula is C21H24N4O2. The van der Waals surface area contributed by atoms with E-state index in [1.807, 2.05) is 37.3 Å².